The summed E-state index contributed by atoms with van der Waals surface area (Å²) in [5.41, 5.74) is 8.83. The number of carbonyl (C=O) groups is 1. The van der Waals surface area contributed by atoms with Crippen LogP contribution in [0.15, 0.2) is 36.4 Å². The number of hydrogen-bond donors (Lipinski definition) is 1. The maximum Gasteiger partial charge on any atom is 1.00 e. The van der Waals surface area contributed by atoms with E-state index >= 15 is 0 Å². The van der Waals surface area contributed by atoms with E-state index in [1.54, 1.807) is 0 Å². The number of anilines is 1. The minimum atomic E-state index is -1.26. The first kappa shape index (κ1) is 16.6. The number of nitrogen functional groups attached to an aromatic ring is 1. The van der Waals surface area contributed by atoms with Gasteiger partial charge in [-0.1, -0.05) is 30.3 Å². The van der Waals surface area contributed by atoms with E-state index in [4.69, 9.17) is 5.73 Å². The number of hydrogen-bond acceptors (Lipinski definition) is 5. The maximum absolute atomic E-state index is 11.0. The van der Waals surface area contributed by atoms with Gasteiger partial charge in [-0.3, -0.25) is 0 Å². The summed E-state index contributed by atoms with van der Waals surface area (Å²) < 4.78 is 0. The summed E-state index contributed by atoms with van der Waals surface area (Å²) in [7, 11) is 0. The molecule has 0 aliphatic heterocycles. The molecule has 0 saturated carbocycles. The Hall–Kier alpha value is -0.764. The minimum Gasteiger partial charge on any atom is -0.544 e. The number of carboxylic acid groups (broad SMARTS) is 1. The topological polar surface area (TPSA) is 79.0 Å². The first-order valence-corrected chi connectivity index (χ1v) is 6.86. The Morgan fingerprint density at radius 3 is 2.57 bits per heavy atom. The number of carboxylic acids is 1. The van der Waals surface area contributed by atoms with E-state index in [1.165, 1.54) is 0 Å². The smallest absolute Gasteiger partial charge is 0.544 e. The zero-order chi connectivity index (χ0) is 14.3. The van der Waals surface area contributed by atoms with Crippen LogP contribution in [0, 0.1) is 6.92 Å². The Kier molecular flexibility index (Phi) is 5.18. The van der Waals surface area contributed by atoms with Crippen LogP contribution in [0.1, 0.15) is 15.2 Å². The third-order valence-electron chi connectivity index (χ3n) is 3.15. The van der Waals surface area contributed by atoms with Gasteiger partial charge in [0.05, 0.1) is 22.2 Å². The molecule has 6 heteroatoms. The fourth-order valence-electron chi connectivity index (χ4n) is 2.22. The Balaban J connectivity index is 0.00000161. The average Bonchev–Trinajstić information content (AvgIpc) is 2.77. The normalized spacial score (nSPS) is 10.3. The Morgan fingerprint density at radius 2 is 1.95 bits per heavy atom. The molecule has 3 rings (SSSR count). The SMILES string of the molecule is Cc1cc(-c2ccccc2)nc2sc(C(=O)[O-])c(N)c12.[K+]. The number of aryl methyl sites for hydroxylation is 1. The third-order valence-corrected chi connectivity index (χ3v) is 4.23. The van der Waals surface area contributed by atoms with Crippen LogP contribution < -0.4 is 62.2 Å². The molecule has 0 bridgehead atoms. The van der Waals surface area contributed by atoms with Crippen LogP contribution in [0.5, 0.6) is 0 Å². The van der Waals surface area contributed by atoms with Crippen molar-refractivity contribution in [2.24, 2.45) is 0 Å². The van der Waals surface area contributed by atoms with Crippen LogP contribution in [0.25, 0.3) is 21.5 Å². The van der Waals surface area contributed by atoms with E-state index in [-0.39, 0.29) is 61.9 Å². The van der Waals surface area contributed by atoms with Crippen molar-refractivity contribution in [2.45, 2.75) is 6.92 Å². The number of benzene rings is 1. The van der Waals surface area contributed by atoms with Crippen molar-refractivity contribution in [3.63, 3.8) is 0 Å². The summed E-state index contributed by atoms with van der Waals surface area (Å²) in [5.74, 6) is -1.26. The third kappa shape index (κ3) is 3.06. The molecule has 1 aromatic carbocycles. The molecule has 0 amide bonds. The predicted octanol–water partition coefficient (Wildman–Crippen LogP) is -0.779. The van der Waals surface area contributed by atoms with Gasteiger partial charge < -0.3 is 15.6 Å². The van der Waals surface area contributed by atoms with Crippen LogP contribution in [-0.2, 0) is 0 Å². The van der Waals surface area contributed by atoms with Gasteiger partial charge in [0, 0.05) is 10.9 Å². The molecule has 2 aromatic heterocycles. The summed E-state index contributed by atoms with van der Waals surface area (Å²) in [4.78, 5) is 16.2. The van der Waals surface area contributed by atoms with Gasteiger partial charge in [-0.25, -0.2) is 4.98 Å². The van der Waals surface area contributed by atoms with Gasteiger partial charge in [0.1, 0.15) is 4.83 Å². The second kappa shape index (κ2) is 6.56. The van der Waals surface area contributed by atoms with Crippen LogP contribution in [0.3, 0.4) is 0 Å². The van der Waals surface area contributed by atoms with Crippen LogP contribution in [0.2, 0.25) is 0 Å². The molecule has 2 N–H and O–H groups in total. The van der Waals surface area contributed by atoms with Crippen molar-refractivity contribution < 1.29 is 61.3 Å². The second-order valence-electron chi connectivity index (χ2n) is 4.50. The van der Waals surface area contributed by atoms with Gasteiger partial charge in [-0.05, 0) is 18.6 Å². The molecule has 100 valence electrons. The van der Waals surface area contributed by atoms with Crippen molar-refractivity contribution in [1.82, 2.24) is 4.98 Å². The van der Waals surface area contributed by atoms with E-state index in [2.05, 4.69) is 4.98 Å². The molecule has 0 saturated heterocycles. The van der Waals surface area contributed by atoms with Crippen LogP contribution in [0.4, 0.5) is 5.69 Å². The summed E-state index contributed by atoms with van der Waals surface area (Å²) in [6.07, 6.45) is 0. The number of rotatable bonds is 2. The van der Waals surface area contributed by atoms with Crippen molar-refractivity contribution in [3.05, 3.63) is 46.8 Å². The Morgan fingerprint density at radius 1 is 1.29 bits per heavy atom. The Labute approximate surface area is 168 Å². The molecule has 0 fully saturated rings. The molecule has 0 aliphatic rings. The number of aromatic carboxylic acids is 1. The predicted molar refractivity (Wildman–Crippen MR) is 78.5 cm³/mol. The standard InChI is InChI=1S/C15H12N2O2S.K/c1-8-7-10(9-5-3-2-4-6-9)17-14-11(8)12(16)13(20-14)15(18)19;/h2-7H,16H2,1H3,(H,18,19);/q;+1/p-1. The molecular weight excluding hydrogens is 311 g/mol. The zero-order valence-electron chi connectivity index (χ0n) is 11.7. The average molecular weight is 322 g/mol. The van der Waals surface area contributed by atoms with E-state index < -0.39 is 5.97 Å². The molecule has 3 aromatic rings. The van der Waals surface area contributed by atoms with Gasteiger partial charge in [-0.15, -0.1) is 11.3 Å². The Bertz CT molecular complexity index is 815. The summed E-state index contributed by atoms with van der Waals surface area (Å²) in [5, 5.41) is 11.8. The molecular formula is C15H11KN2O2S. The monoisotopic (exact) mass is 322 g/mol. The number of fused-ring (bicyclic) bond motifs is 1. The first-order valence-electron chi connectivity index (χ1n) is 6.04. The van der Waals surface area contributed by atoms with Gasteiger partial charge in [0.25, 0.3) is 0 Å². The van der Waals surface area contributed by atoms with Crippen LogP contribution in [-0.4, -0.2) is 11.0 Å². The van der Waals surface area contributed by atoms with Crippen molar-refractivity contribution >= 4 is 33.2 Å². The van der Waals surface area contributed by atoms with Gasteiger partial charge in [0.15, 0.2) is 0 Å². The molecule has 0 atom stereocenters. The van der Waals surface area contributed by atoms with E-state index in [1.807, 2.05) is 43.3 Å². The zero-order valence-corrected chi connectivity index (χ0v) is 15.7. The van der Waals surface area contributed by atoms with Gasteiger partial charge >= 0.3 is 51.4 Å². The number of thiophene rings is 1. The van der Waals surface area contributed by atoms with Crippen molar-refractivity contribution in [3.8, 4) is 11.3 Å². The van der Waals surface area contributed by atoms with E-state index in [9.17, 15) is 9.90 Å². The van der Waals surface area contributed by atoms with Gasteiger partial charge in [0.2, 0.25) is 0 Å². The first-order chi connectivity index (χ1) is 9.58. The summed E-state index contributed by atoms with van der Waals surface area (Å²) >= 11 is 1.06. The number of nitrogens with zero attached hydrogens (tertiary/aromatic N) is 1. The number of aromatic nitrogens is 1. The molecule has 0 radical (unpaired) electrons. The summed E-state index contributed by atoms with van der Waals surface area (Å²) in [6.45, 7) is 1.90. The fourth-order valence-corrected chi connectivity index (χ4v) is 3.22. The number of carbonyl (C=O) groups excluding carboxylic acids is 1. The molecule has 0 unspecified atom stereocenters. The summed E-state index contributed by atoms with van der Waals surface area (Å²) in [6, 6.07) is 11.7. The second-order valence-corrected chi connectivity index (χ2v) is 5.50. The molecule has 0 spiro atoms. The van der Waals surface area contributed by atoms with E-state index in [0.29, 0.717) is 10.2 Å². The van der Waals surface area contributed by atoms with Crippen molar-refractivity contribution in [1.29, 1.82) is 0 Å². The van der Waals surface area contributed by atoms with E-state index in [0.717, 1.165) is 28.2 Å². The van der Waals surface area contributed by atoms with Crippen molar-refractivity contribution in [2.75, 3.05) is 5.73 Å². The van der Waals surface area contributed by atoms with Gasteiger partial charge in [-0.2, -0.15) is 0 Å². The largest absolute Gasteiger partial charge is 1.00 e. The van der Waals surface area contributed by atoms with Crippen LogP contribution >= 0.6 is 11.3 Å². The number of pyridine rings is 1. The molecule has 21 heavy (non-hydrogen) atoms. The maximum atomic E-state index is 11.0. The molecule has 4 nitrogen and oxygen atoms in total. The quantitative estimate of drug-likeness (QED) is 0.628. The fraction of sp³-hybridized carbons (Fsp3) is 0.0667. The molecule has 0 aliphatic carbocycles. The molecule has 2 heterocycles. The number of nitrogens with two attached hydrogens (primary N) is 1. The minimum absolute atomic E-state index is 0.